The number of hydrogen-bond donors (Lipinski definition) is 1. The van der Waals surface area contributed by atoms with E-state index in [4.69, 9.17) is 9.47 Å². The average molecular weight is 369 g/mol. The molecule has 1 fully saturated rings. The lowest BCUT2D eigenvalue weighted by Crippen LogP contribution is -2.14. The molecule has 0 aliphatic carbocycles. The van der Waals surface area contributed by atoms with Crippen molar-refractivity contribution < 1.29 is 14.3 Å². The molecule has 1 N–H and O–H groups in total. The van der Waals surface area contributed by atoms with E-state index in [0.717, 1.165) is 13.0 Å². The van der Waals surface area contributed by atoms with Crippen LogP contribution in [-0.4, -0.2) is 55.8 Å². The van der Waals surface area contributed by atoms with Crippen LogP contribution in [0.25, 0.3) is 11.5 Å². The molecule has 4 heterocycles. The fourth-order valence-electron chi connectivity index (χ4n) is 3.02. The first-order valence-electron chi connectivity index (χ1n) is 8.49. The minimum absolute atomic E-state index is 0.190. The van der Waals surface area contributed by atoms with Crippen molar-refractivity contribution in [3.8, 4) is 17.4 Å². The first-order valence-corrected chi connectivity index (χ1v) is 8.49. The molecule has 1 aliphatic heterocycles. The van der Waals surface area contributed by atoms with Crippen molar-refractivity contribution in [1.82, 2.24) is 29.5 Å². The second-order valence-corrected chi connectivity index (χ2v) is 6.17. The van der Waals surface area contributed by atoms with E-state index in [1.54, 1.807) is 25.6 Å². The number of carbonyl (C=O) groups is 1. The Bertz CT molecular complexity index is 959. The molecule has 1 saturated heterocycles. The van der Waals surface area contributed by atoms with Crippen molar-refractivity contribution in [3.63, 3.8) is 0 Å². The van der Waals surface area contributed by atoms with Gasteiger partial charge in [-0.2, -0.15) is 0 Å². The van der Waals surface area contributed by atoms with Crippen LogP contribution in [0.1, 0.15) is 22.8 Å². The second kappa shape index (κ2) is 7.16. The van der Waals surface area contributed by atoms with Gasteiger partial charge >= 0.3 is 0 Å². The van der Waals surface area contributed by atoms with E-state index in [2.05, 4.69) is 25.6 Å². The number of amides is 1. The molecule has 1 aliphatic rings. The van der Waals surface area contributed by atoms with Gasteiger partial charge in [-0.25, -0.2) is 4.98 Å². The Kier molecular flexibility index (Phi) is 4.55. The van der Waals surface area contributed by atoms with E-state index < -0.39 is 0 Å². The number of carbonyl (C=O) groups excluding carboxylic acids is 1. The van der Waals surface area contributed by atoms with E-state index in [-0.39, 0.29) is 17.8 Å². The van der Waals surface area contributed by atoms with Gasteiger partial charge in [0.15, 0.2) is 5.82 Å². The summed E-state index contributed by atoms with van der Waals surface area (Å²) >= 11 is 0. The zero-order valence-corrected chi connectivity index (χ0v) is 15.0. The Morgan fingerprint density at radius 2 is 2.30 bits per heavy atom. The van der Waals surface area contributed by atoms with Gasteiger partial charge in [0.2, 0.25) is 5.88 Å². The predicted octanol–water partition coefficient (Wildman–Crippen LogP) is 1.30. The topological polar surface area (TPSA) is 109 Å². The highest BCUT2D eigenvalue weighted by Gasteiger charge is 2.22. The van der Waals surface area contributed by atoms with Crippen LogP contribution < -0.4 is 10.1 Å². The summed E-state index contributed by atoms with van der Waals surface area (Å²) in [5.41, 5.74) is 0.953. The Labute approximate surface area is 155 Å². The summed E-state index contributed by atoms with van der Waals surface area (Å²) in [6.07, 6.45) is 4.18. The molecule has 0 bridgehead atoms. The number of rotatable bonds is 5. The zero-order valence-electron chi connectivity index (χ0n) is 15.0. The lowest BCUT2D eigenvalue weighted by atomic mass is 10.2. The number of anilines is 1. The fraction of sp³-hybridized carbons (Fsp3) is 0.353. The SMILES string of the molecule is COc1nn(C)cc1C(=O)Nc1cccc(-c2nncn2[C@H]2CCOC2)n1. The van der Waals surface area contributed by atoms with Crippen molar-refractivity contribution in [1.29, 1.82) is 0 Å². The quantitative estimate of drug-likeness (QED) is 0.722. The third-order valence-corrected chi connectivity index (χ3v) is 4.32. The van der Waals surface area contributed by atoms with Gasteiger partial charge < -0.3 is 19.4 Å². The Morgan fingerprint density at radius 3 is 3.07 bits per heavy atom. The number of aryl methyl sites for hydroxylation is 1. The standard InChI is InChI=1S/C17H19N7O3/c1-23-8-12(17(22-23)26-2)16(25)20-14-5-3-4-13(19-14)15-21-18-10-24(15)11-6-7-27-9-11/h3-5,8,10-11H,6-7,9H2,1-2H3,(H,19,20,25)/t11-/m0/s1. The van der Waals surface area contributed by atoms with Crippen LogP contribution in [0.3, 0.4) is 0 Å². The van der Waals surface area contributed by atoms with Gasteiger partial charge in [-0.05, 0) is 18.6 Å². The summed E-state index contributed by atoms with van der Waals surface area (Å²) in [5, 5.41) is 15.1. The summed E-state index contributed by atoms with van der Waals surface area (Å²) in [5.74, 6) is 0.948. The molecule has 3 aromatic heterocycles. The molecule has 0 radical (unpaired) electrons. The molecule has 140 valence electrons. The lowest BCUT2D eigenvalue weighted by Gasteiger charge is -2.12. The number of hydrogen-bond acceptors (Lipinski definition) is 7. The highest BCUT2D eigenvalue weighted by atomic mass is 16.5. The molecule has 0 unspecified atom stereocenters. The van der Waals surface area contributed by atoms with Crippen molar-refractivity contribution in [3.05, 3.63) is 36.3 Å². The summed E-state index contributed by atoms with van der Waals surface area (Å²) in [6, 6.07) is 5.54. The highest BCUT2D eigenvalue weighted by molar-refractivity contribution is 6.05. The van der Waals surface area contributed by atoms with Crippen molar-refractivity contribution in [2.75, 3.05) is 25.6 Å². The van der Waals surface area contributed by atoms with Crippen LogP contribution in [-0.2, 0) is 11.8 Å². The zero-order chi connectivity index (χ0) is 18.8. The molecule has 27 heavy (non-hydrogen) atoms. The lowest BCUT2D eigenvalue weighted by molar-refractivity contribution is 0.102. The number of methoxy groups -OCH3 is 1. The second-order valence-electron chi connectivity index (χ2n) is 6.17. The Hall–Kier alpha value is -3.27. The number of ether oxygens (including phenoxy) is 2. The van der Waals surface area contributed by atoms with Gasteiger partial charge in [0.25, 0.3) is 5.91 Å². The Morgan fingerprint density at radius 1 is 1.41 bits per heavy atom. The molecule has 4 rings (SSSR count). The molecular weight excluding hydrogens is 350 g/mol. The minimum atomic E-state index is -0.352. The number of nitrogens with zero attached hydrogens (tertiary/aromatic N) is 6. The van der Waals surface area contributed by atoms with E-state index >= 15 is 0 Å². The van der Waals surface area contributed by atoms with Crippen LogP contribution in [0, 0.1) is 0 Å². The third kappa shape index (κ3) is 3.38. The maximum absolute atomic E-state index is 12.5. The first-order chi connectivity index (χ1) is 13.2. The first kappa shape index (κ1) is 17.2. The third-order valence-electron chi connectivity index (χ3n) is 4.32. The average Bonchev–Trinajstić information content (AvgIpc) is 3.41. The molecule has 0 saturated carbocycles. The van der Waals surface area contributed by atoms with Gasteiger partial charge in [-0.1, -0.05) is 6.07 Å². The molecule has 0 aromatic carbocycles. The van der Waals surface area contributed by atoms with Gasteiger partial charge in [-0.15, -0.1) is 15.3 Å². The summed E-state index contributed by atoms with van der Waals surface area (Å²) in [7, 11) is 3.19. The monoisotopic (exact) mass is 369 g/mol. The van der Waals surface area contributed by atoms with E-state index in [1.807, 2.05) is 16.7 Å². The summed E-state index contributed by atoms with van der Waals surface area (Å²) in [6.45, 7) is 1.35. The maximum Gasteiger partial charge on any atom is 0.263 e. The van der Waals surface area contributed by atoms with Crippen LogP contribution in [0.5, 0.6) is 5.88 Å². The molecule has 1 amide bonds. The molecule has 0 spiro atoms. The summed E-state index contributed by atoms with van der Waals surface area (Å²) in [4.78, 5) is 17.1. The smallest absolute Gasteiger partial charge is 0.263 e. The maximum atomic E-state index is 12.5. The van der Waals surface area contributed by atoms with Crippen molar-refractivity contribution in [2.24, 2.45) is 7.05 Å². The number of pyridine rings is 1. The van der Waals surface area contributed by atoms with Crippen molar-refractivity contribution >= 4 is 11.7 Å². The van der Waals surface area contributed by atoms with Gasteiger partial charge in [0, 0.05) is 19.9 Å². The van der Waals surface area contributed by atoms with Gasteiger partial charge in [0.05, 0.1) is 19.8 Å². The van der Waals surface area contributed by atoms with Crippen LogP contribution >= 0.6 is 0 Å². The molecular formula is C17H19N7O3. The van der Waals surface area contributed by atoms with E-state index in [9.17, 15) is 4.79 Å². The van der Waals surface area contributed by atoms with Gasteiger partial charge in [-0.3, -0.25) is 9.48 Å². The normalized spacial score (nSPS) is 16.4. The largest absolute Gasteiger partial charge is 0.479 e. The van der Waals surface area contributed by atoms with Crippen molar-refractivity contribution in [2.45, 2.75) is 12.5 Å². The highest BCUT2D eigenvalue weighted by Crippen LogP contribution is 2.25. The van der Waals surface area contributed by atoms with E-state index in [1.165, 1.54) is 11.8 Å². The Balaban J connectivity index is 1.58. The molecule has 10 heteroatoms. The number of nitrogens with one attached hydrogen (secondary N) is 1. The molecule has 3 aromatic rings. The number of aromatic nitrogens is 6. The van der Waals surface area contributed by atoms with Crippen LogP contribution in [0.4, 0.5) is 5.82 Å². The minimum Gasteiger partial charge on any atom is -0.479 e. The molecule has 1 atom stereocenters. The predicted molar refractivity (Wildman–Crippen MR) is 95.4 cm³/mol. The fourth-order valence-corrected chi connectivity index (χ4v) is 3.02. The van der Waals surface area contributed by atoms with Crippen LogP contribution in [0.15, 0.2) is 30.7 Å². The summed E-state index contributed by atoms with van der Waals surface area (Å²) < 4.78 is 14.1. The van der Waals surface area contributed by atoms with Crippen LogP contribution in [0.2, 0.25) is 0 Å². The van der Waals surface area contributed by atoms with Gasteiger partial charge in [0.1, 0.15) is 23.4 Å². The molecule has 10 nitrogen and oxygen atoms in total. The van der Waals surface area contributed by atoms with E-state index in [0.29, 0.717) is 29.5 Å².